The van der Waals surface area contributed by atoms with E-state index in [1.54, 1.807) is 4.57 Å². The third-order valence-electron chi connectivity index (χ3n) is 6.47. The van der Waals surface area contributed by atoms with Gasteiger partial charge in [-0.05, 0) is 54.8 Å². The summed E-state index contributed by atoms with van der Waals surface area (Å²) in [6.07, 6.45) is 1.74. The number of carbonyl (C=O) groups excluding carboxylic acids is 1. The summed E-state index contributed by atoms with van der Waals surface area (Å²) in [5.41, 5.74) is 10.9. The highest BCUT2D eigenvalue weighted by molar-refractivity contribution is 6.09. The molecule has 1 aliphatic rings. The van der Waals surface area contributed by atoms with Crippen LogP contribution in [0.1, 0.15) is 28.8 Å². The van der Waals surface area contributed by atoms with Crippen molar-refractivity contribution in [3.8, 4) is 11.4 Å². The first kappa shape index (κ1) is 23.0. The average Bonchev–Trinajstić information content (AvgIpc) is 3.55. The first-order valence-corrected chi connectivity index (χ1v) is 12.3. The summed E-state index contributed by atoms with van der Waals surface area (Å²) in [7, 11) is 0. The second kappa shape index (κ2) is 9.91. The minimum Gasteiger partial charge on any atom is -0.489 e. The zero-order valence-corrected chi connectivity index (χ0v) is 20.2. The van der Waals surface area contributed by atoms with Crippen LogP contribution in [0.3, 0.4) is 0 Å². The van der Waals surface area contributed by atoms with E-state index in [4.69, 9.17) is 29.9 Å². The Morgan fingerprint density at radius 1 is 0.973 bits per heavy atom. The third kappa shape index (κ3) is 4.59. The summed E-state index contributed by atoms with van der Waals surface area (Å²) in [5, 5.41) is 0. The molecule has 1 atom stereocenters. The van der Waals surface area contributed by atoms with Gasteiger partial charge < -0.3 is 19.9 Å². The molecule has 37 heavy (non-hydrogen) atoms. The number of rotatable bonds is 7. The van der Waals surface area contributed by atoms with Crippen molar-refractivity contribution < 1.29 is 19.0 Å². The van der Waals surface area contributed by atoms with Crippen molar-refractivity contribution in [1.82, 2.24) is 14.5 Å². The van der Waals surface area contributed by atoms with Crippen LogP contribution in [0.25, 0.3) is 27.9 Å². The summed E-state index contributed by atoms with van der Waals surface area (Å²) in [5.74, 6) is 0.403. The van der Waals surface area contributed by atoms with Gasteiger partial charge in [-0.2, -0.15) is 0 Å². The van der Waals surface area contributed by atoms with Crippen LogP contribution in [0.15, 0.2) is 78.9 Å². The molecule has 2 aromatic heterocycles. The fourth-order valence-electron chi connectivity index (χ4n) is 4.57. The highest BCUT2D eigenvalue weighted by Crippen LogP contribution is 2.32. The van der Waals surface area contributed by atoms with E-state index in [0.29, 0.717) is 35.4 Å². The Bertz CT molecular complexity index is 1560. The van der Waals surface area contributed by atoms with Gasteiger partial charge in [-0.1, -0.05) is 42.5 Å². The zero-order chi connectivity index (χ0) is 25.2. The van der Waals surface area contributed by atoms with Gasteiger partial charge in [0, 0.05) is 12.3 Å². The Morgan fingerprint density at radius 3 is 2.43 bits per heavy atom. The number of fused-ring (bicyclic) bond motifs is 2. The fourth-order valence-corrected chi connectivity index (χ4v) is 4.57. The summed E-state index contributed by atoms with van der Waals surface area (Å²) >= 11 is 0. The molecule has 1 fully saturated rings. The van der Waals surface area contributed by atoms with Crippen molar-refractivity contribution >= 4 is 34.0 Å². The number of nitrogens with zero attached hydrogens (tertiary/aromatic N) is 3. The van der Waals surface area contributed by atoms with Gasteiger partial charge in [-0.3, -0.25) is 4.57 Å². The van der Waals surface area contributed by atoms with Gasteiger partial charge in [0.1, 0.15) is 35.9 Å². The maximum atomic E-state index is 13.2. The lowest BCUT2D eigenvalue weighted by Crippen LogP contribution is -2.18. The quantitative estimate of drug-likeness (QED) is 0.315. The van der Waals surface area contributed by atoms with Crippen molar-refractivity contribution in [3.05, 3.63) is 90.0 Å². The van der Waals surface area contributed by atoms with E-state index in [0.717, 1.165) is 29.8 Å². The van der Waals surface area contributed by atoms with Crippen LogP contribution in [0.2, 0.25) is 0 Å². The molecule has 1 saturated heterocycles. The molecule has 2 N–H and O–H groups in total. The minimum atomic E-state index is -0.538. The molecule has 5 aromatic rings. The molecule has 6 rings (SSSR count). The molecule has 3 heterocycles. The van der Waals surface area contributed by atoms with E-state index in [-0.39, 0.29) is 24.1 Å². The number of hydrogen-bond donors (Lipinski definition) is 1. The van der Waals surface area contributed by atoms with Crippen LogP contribution in [0.4, 0.5) is 5.82 Å². The Kier molecular flexibility index (Phi) is 6.16. The lowest BCUT2D eigenvalue weighted by molar-refractivity contribution is 0.0163. The highest BCUT2D eigenvalue weighted by Gasteiger charge is 2.27. The molecule has 3 aromatic carbocycles. The molecule has 8 nitrogen and oxygen atoms in total. The molecular weight excluding hydrogens is 468 g/mol. The number of esters is 1. The Labute approximate surface area is 213 Å². The van der Waals surface area contributed by atoms with Crippen molar-refractivity contribution in [1.29, 1.82) is 0 Å². The number of nitrogens with two attached hydrogens (primary N) is 1. The molecule has 0 bridgehead atoms. The van der Waals surface area contributed by atoms with Crippen LogP contribution in [0.5, 0.6) is 5.75 Å². The summed E-state index contributed by atoms with van der Waals surface area (Å²) in [4.78, 5) is 22.8. The topological polar surface area (TPSA) is 101 Å². The van der Waals surface area contributed by atoms with E-state index < -0.39 is 5.97 Å². The Hall–Kier alpha value is -4.43. The Balaban J connectivity index is 1.36. The molecule has 8 heteroatoms. The van der Waals surface area contributed by atoms with Crippen molar-refractivity contribution in [2.24, 2.45) is 0 Å². The number of anilines is 1. The van der Waals surface area contributed by atoms with Gasteiger partial charge in [-0.15, -0.1) is 0 Å². The van der Waals surface area contributed by atoms with E-state index >= 15 is 0 Å². The molecule has 1 aliphatic heterocycles. The molecule has 0 radical (unpaired) electrons. The largest absolute Gasteiger partial charge is 0.489 e. The number of nitrogen functional groups attached to an aromatic ring is 1. The number of aromatic nitrogens is 3. The normalized spacial score (nSPS) is 15.3. The lowest BCUT2D eigenvalue weighted by Gasteiger charge is -2.11. The number of para-hydroxylation sites is 2. The predicted octanol–water partition coefficient (Wildman–Crippen LogP) is 5.07. The van der Waals surface area contributed by atoms with Crippen molar-refractivity contribution in [3.63, 3.8) is 0 Å². The minimum absolute atomic E-state index is 0.0890. The maximum Gasteiger partial charge on any atom is 0.344 e. The summed E-state index contributed by atoms with van der Waals surface area (Å²) in [6.45, 7) is 1.33. The molecular formula is C29H26N4O4. The molecule has 186 valence electrons. The zero-order valence-electron chi connectivity index (χ0n) is 20.2. The van der Waals surface area contributed by atoms with Crippen LogP contribution >= 0.6 is 0 Å². The van der Waals surface area contributed by atoms with Gasteiger partial charge in [0.2, 0.25) is 0 Å². The lowest BCUT2D eigenvalue weighted by atomic mass is 10.2. The van der Waals surface area contributed by atoms with E-state index in [2.05, 4.69) is 0 Å². The SMILES string of the molecule is Nc1c(C(=O)OCC2CCCO2)c2nc3ccccc3nc2n1-c1ccc(OCc2ccccc2)cc1. The van der Waals surface area contributed by atoms with Gasteiger partial charge in [-0.25, -0.2) is 14.8 Å². The molecule has 0 saturated carbocycles. The standard InChI is InChI=1S/C29H26N4O4/c30-27-25(29(34)37-18-22-9-6-16-35-22)26-28(32-24-11-5-4-10-23(24)31-26)33(27)20-12-14-21(15-13-20)36-17-19-7-2-1-3-8-19/h1-5,7-8,10-15,22H,6,9,16-18,30H2. The van der Waals surface area contributed by atoms with Crippen LogP contribution in [0, 0.1) is 0 Å². The number of ether oxygens (including phenoxy) is 3. The summed E-state index contributed by atoms with van der Waals surface area (Å²) < 4.78 is 18.9. The van der Waals surface area contributed by atoms with Crippen LogP contribution in [-0.2, 0) is 16.1 Å². The monoisotopic (exact) mass is 494 g/mol. The molecule has 1 unspecified atom stereocenters. The van der Waals surface area contributed by atoms with Gasteiger partial charge >= 0.3 is 5.97 Å². The highest BCUT2D eigenvalue weighted by atomic mass is 16.6. The van der Waals surface area contributed by atoms with Gasteiger partial charge in [0.25, 0.3) is 0 Å². The van der Waals surface area contributed by atoms with E-state index in [1.807, 2.05) is 78.9 Å². The first-order valence-electron chi connectivity index (χ1n) is 12.3. The van der Waals surface area contributed by atoms with Crippen LogP contribution in [-0.4, -0.2) is 39.8 Å². The number of hydrogen-bond acceptors (Lipinski definition) is 7. The first-order chi connectivity index (χ1) is 18.2. The molecule has 0 spiro atoms. The van der Waals surface area contributed by atoms with E-state index in [1.165, 1.54) is 0 Å². The smallest absolute Gasteiger partial charge is 0.344 e. The third-order valence-corrected chi connectivity index (χ3v) is 6.47. The van der Waals surface area contributed by atoms with Gasteiger partial charge in [0.05, 0.1) is 17.1 Å². The maximum absolute atomic E-state index is 13.2. The Morgan fingerprint density at radius 2 is 1.70 bits per heavy atom. The van der Waals surface area contributed by atoms with Crippen molar-refractivity contribution in [2.75, 3.05) is 18.9 Å². The predicted molar refractivity (Wildman–Crippen MR) is 141 cm³/mol. The average molecular weight is 495 g/mol. The second-order valence-electron chi connectivity index (χ2n) is 8.98. The fraction of sp³-hybridized carbons (Fsp3) is 0.207. The van der Waals surface area contributed by atoms with Crippen molar-refractivity contribution in [2.45, 2.75) is 25.6 Å². The van der Waals surface area contributed by atoms with E-state index in [9.17, 15) is 4.79 Å². The summed E-state index contributed by atoms with van der Waals surface area (Å²) in [6, 6.07) is 25.0. The molecule has 0 aliphatic carbocycles. The number of carbonyl (C=O) groups is 1. The number of benzene rings is 3. The molecule has 0 amide bonds. The second-order valence-corrected chi connectivity index (χ2v) is 8.98. The van der Waals surface area contributed by atoms with Crippen LogP contribution < -0.4 is 10.5 Å². The van der Waals surface area contributed by atoms with Gasteiger partial charge in [0.15, 0.2) is 5.65 Å².